The first-order valence-electron chi connectivity index (χ1n) is 11.0. The standard InChI is InChI=1S/C26H23N3O5S2/c1-35(31,32)28-20-12-8-18(9-13-20)26(19-10-14-21(15-11-19)29-36(2,33)34)23-16-7-17-5-3-4-6-22(17)24(23)27-25(26)30/h3-16,28-29H,1-2H3,(H,27,30). The van der Waals surface area contributed by atoms with Crippen molar-refractivity contribution < 1.29 is 21.6 Å². The Hall–Kier alpha value is -3.89. The molecule has 1 amide bonds. The average molecular weight is 522 g/mol. The summed E-state index contributed by atoms with van der Waals surface area (Å²) in [6, 6.07) is 25.0. The van der Waals surface area contributed by atoms with Gasteiger partial charge < -0.3 is 5.32 Å². The van der Waals surface area contributed by atoms with E-state index in [0.29, 0.717) is 28.2 Å². The maximum atomic E-state index is 13.9. The molecule has 0 aromatic heterocycles. The third-order valence-corrected chi connectivity index (χ3v) is 7.37. The number of nitrogens with one attached hydrogen (secondary N) is 3. The zero-order chi connectivity index (χ0) is 25.7. The van der Waals surface area contributed by atoms with Crippen LogP contribution in [0.15, 0.2) is 84.9 Å². The predicted molar refractivity (Wildman–Crippen MR) is 142 cm³/mol. The maximum Gasteiger partial charge on any atom is 0.244 e. The SMILES string of the molecule is CS(=O)(=O)Nc1ccc(C2(c3ccc(NS(C)(=O)=O)cc3)C(=O)Nc3c2ccc2ccccc32)cc1. The number of hydrogen-bond donors (Lipinski definition) is 3. The minimum absolute atomic E-state index is 0.263. The highest BCUT2D eigenvalue weighted by Gasteiger charge is 2.50. The lowest BCUT2D eigenvalue weighted by Gasteiger charge is -2.29. The number of carbonyl (C=O) groups excluding carboxylic acids is 1. The summed E-state index contributed by atoms with van der Waals surface area (Å²) in [5.74, 6) is -0.263. The minimum atomic E-state index is -3.47. The molecule has 0 fully saturated rings. The number of carbonyl (C=O) groups is 1. The fourth-order valence-corrected chi connectivity index (χ4v) is 5.92. The third-order valence-electron chi connectivity index (χ3n) is 6.15. The van der Waals surface area contributed by atoms with E-state index < -0.39 is 25.5 Å². The van der Waals surface area contributed by atoms with Gasteiger partial charge in [-0.25, -0.2) is 16.8 Å². The normalized spacial score (nSPS) is 14.8. The summed E-state index contributed by atoms with van der Waals surface area (Å²) >= 11 is 0. The van der Waals surface area contributed by atoms with Crippen molar-refractivity contribution in [2.24, 2.45) is 0 Å². The van der Waals surface area contributed by atoms with Gasteiger partial charge in [0.25, 0.3) is 0 Å². The Bertz CT molecular complexity index is 1640. The van der Waals surface area contributed by atoms with Crippen LogP contribution in [-0.2, 0) is 30.3 Å². The van der Waals surface area contributed by atoms with Gasteiger partial charge in [-0.1, -0.05) is 60.7 Å². The minimum Gasteiger partial charge on any atom is -0.324 e. The molecule has 0 atom stereocenters. The van der Waals surface area contributed by atoms with Crippen molar-refractivity contribution >= 4 is 53.8 Å². The van der Waals surface area contributed by atoms with E-state index in [4.69, 9.17) is 0 Å². The molecule has 0 bridgehead atoms. The van der Waals surface area contributed by atoms with Gasteiger partial charge in [-0.2, -0.15) is 0 Å². The van der Waals surface area contributed by atoms with Crippen LogP contribution in [0.4, 0.5) is 17.1 Å². The van der Waals surface area contributed by atoms with E-state index >= 15 is 0 Å². The molecule has 0 radical (unpaired) electrons. The van der Waals surface area contributed by atoms with Crippen molar-refractivity contribution in [2.45, 2.75) is 5.41 Å². The van der Waals surface area contributed by atoms with Gasteiger partial charge >= 0.3 is 0 Å². The number of benzene rings is 4. The molecule has 0 saturated carbocycles. The van der Waals surface area contributed by atoms with E-state index in [1.807, 2.05) is 36.4 Å². The van der Waals surface area contributed by atoms with Gasteiger partial charge in [-0.15, -0.1) is 0 Å². The quantitative estimate of drug-likeness (QED) is 0.356. The van der Waals surface area contributed by atoms with Gasteiger partial charge in [0.15, 0.2) is 0 Å². The molecular weight excluding hydrogens is 498 g/mol. The Kier molecular flexibility index (Phi) is 5.53. The highest BCUT2D eigenvalue weighted by molar-refractivity contribution is 7.92. The van der Waals surface area contributed by atoms with Crippen molar-refractivity contribution in [3.05, 3.63) is 102 Å². The van der Waals surface area contributed by atoms with Crippen LogP contribution in [0.1, 0.15) is 16.7 Å². The molecule has 1 aliphatic rings. The average Bonchev–Trinajstić information content (AvgIpc) is 3.11. The van der Waals surface area contributed by atoms with Gasteiger partial charge in [-0.05, 0) is 40.8 Å². The summed E-state index contributed by atoms with van der Waals surface area (Å²) in [5, 5.41) is 4.95. The van der Waals surface area contributed by atoms with E-state index in [-0.39, 0.29) is 5.91 Å². The molecule has 184 valence electrons. The van der Waals surface area contributed by atoms with E-state index in [1.54, 1.807) is 48.5 Å². The summed E-state index contributed by atoms with van der Waals surface area (Å²) in [6.45, 7) is 0. The fraction of sp³-hybridized carbons (Fsp3) is 0.115. The molecule has 0 spiro atoms. The van der Waals surface area contributed by atoms with Crippen LogP contribution >= 0.6 is 0 Å². The summed E-state index contributed by atoms with van der Waals surface area (Å²) < 4.78 is 51.6. The molecule has 4 aromatic carbocycles. The maximum absolute atomic E-state index is 13.9. The van der Waals surface area contributed by atoms with Crippen molar-refractivity contribution in [2.75, 3.05) is 27.3 Å². The van der Waals surface area contributed by atoms with Gasteiger partial charge in [0.2, 0.25) is 26.0 Å². The first kappa shape index (κ1) is 23.8. The predicted octanol–water partition coefficient (Wildman–Crippen LogP) is 3.87. The van der Waals surface area contributed by atoms with Crippen LogP contribution in [0.25, 0.3) is 10.8 Å². The van der Waals surface area contributed by atoms with Crippen LogP contribution in [0.3, 0.4) is 0 Å². The Balaban J connectivity index is 1.73. The number of hydrogen-bond acceptors (Lipinski definition) is 5. The van der Waals surface area contributed by atoms with Crippen LogP contribution in [0, 0.1) is 0 Å². The Morgan fingerprint density at radius 2 is 1.17 bits per heavy atom. The molecule has 0 aliphatic carbocycles. The molecule has 1 aliphatic heterocycles. The molecule has 5 rings (SSSR count). The monoisotopic (exact) mass is 521 g/mol. The molecule has 36 heavy (non-hydrogen) atoms. The summed E-state index contributed by atoms with van der Waals surface area (Å²) in [5.41, 5.74) is 2.23. The van der Waals surface area contributed by atoms with Crippen LogP contribution in [-0.4, -0.2) is 35.3 Å². The van der Waals surface area contributed by atoms with Crippen LogP contribution in [0.2, 0.25) is 0 Å². The van der Waals surface area contributed by atoms with Gasteiger partial charge in [-0.3, -0.25) is 14.2 Å². The van der Waals surface area contributed by atoms with E-state index in [0.717, 1.165) is 28.8 Å². The highest BCUT2D eigenvalue weighted by atomic mass is 32.2. The zero-order valence-corrected chi connectivity index (χ0v) is 21.1. The first-order chi connectivity index (χ1) is 17.0. The number of amides is 1. The molecule has 10 heteroatoms. The molecule has 0 unspecified atom stereocenters. The molecule has 4 aromatic rings. The fourth-order valence-electron chi connectivity index (χ4n) is 4.79. The highest BCUT2D eigenvalue weighted by Crippen LogP contribution is 2.50. The number of anilines is 3. The lowest BCUT2D eigenvalue weighted by atomic mass is 9.70. The van der Waals surface area contributed by atoms with Crippen molar-refractivity contribution in [1.29, 1.82) is 0 Å². The first-order valence-corrected chi connectivity index (χ1v) is 14.8. The van der Waals surface area contributed by atoms with Gasteiger partial charge in [0.05, 0.1) is 18.2 Å². The van der Waals surface area contributed by atoms with E-state index in [1.165, 1.54) is 0 Å². The second kappa shape index (κ2) is 8.35. The van der Waals surface area contributed by atoms with Crippen LogP contribution < -0.4 is 14.8 Å². The third kappa shape index (κ3) is 4.18. The summed E-state index contributed by atoms with van der Waals surface area (Å²) in [6.07, 6.45) is 2.14. The molecule has 1 heterocycles. The van der Waals surface area contributed by atoms with E-state index in [2.05, 4.69) is 14.8 Å². The van der Waals surface area contributed by atoms with Crippen molar-refractivity contribution in [3.8, 4) is 0 Å². The zero-order valence-electron chi connectivity index (χ0n) is 19.4. The summed E-state index contributed by atoms with van der Waals surface area (Å²) in [4.78, 5) is 13.9. The number of sulfonamides is 2. The van der Waals surface area contributed by atoms with Crippen molar-refractivity contribution in [3.63, 3.8) is 0 Å². The van der Waals surface area contributed by atoms with Crippen LogP contribution in [0.5, 0.6) is 0 Å². The summed E-state index contributed by atoms with van der Waals surface area (Å²) in [7, 11) is -6.93. The Morgan fingerprint density at radius 3 is 1.67 bits per heavy atom. The molecule has 8 nitrogen and oxygen atoms in total. The molecule has 0 saturated heterocycles. The smallest absolute Gasteiger partial charge is 0.244 e. The number of fused-ring (bicyclic) bond motifs is 3. The van der Waals surface area contributed by atoms with E-state index in [9.17, 15) is 21.6 Å². The lowest BCUT2D eigenvalue weighted by Crippen LogP contribution is -2.37. The second-order valence-electron chi connectivity index (χ2n) is 8.82. The largest absolute Gasteiger partial charge is 0.324 e. The molecule has 3 N–H and O–H groups in total. The Morgan fingerprint density at radius 1 is 0.667 bits per heavy atom. The van der Waals surface area contributed by atoms with Gasteiger partial charge in [0, 0.05) is 22.3 Å². The van der Waals surface area contributed by atoms with Crippen molar-refractivity contribution in [1.82, 2.24) is 0 Å². The topological polar surface area (TPSA) is 121 Å². The lowest BCUT2D eigenvalue weighted by molar-refractivity contribution is -0.118. The second-order valence-corrected chi connectivity index (χ2v) is 12.3. The number of rotatable bonds is 6. The van der Waals surface area contributed by atoms with Gasteiger partial charge in [0.1, 0.15) is 5.41 Å². The Labute approximate surface area is 209 Å². The molecular formula is C26H23N3O5S2.